The Morgan fingerprint density at radius 1 is 1.30 bits per heavy atom. The molecule has 1 aromatic carbocycles. The van der Waals surface area contributed by atoms with Crippen LogP contribution in [0.4, 0.5) is 0 Å². The number of hydrogen-bond acceptors (Lipinski definition) is 3. The third-order valence-electron chi connectivity index (χ3n) is 3.75. The lowest BCUT2D eigenvalue weighted by molar-refractivity contribution is -0.128. The van der Waals surface area contributed by atoms with Crippen LogP contribution in [0.15, 0.2) is 48.7 Å². The highest BCUT2D eigenvalue weighted by molar-refractivity contribution is 6.29. The summed E-state index contributed by atoms with van der Waals surface area (Å²) in [5, 5.41) is 3.15. The third kappa shape index (κ3) is 3.87. The van der Waals surface area contributed by atoms with E-state index in [0.29, 0.717) is 25.1 Å². The van der Waals surface area contributed by atoms with Gasteiger partial charge in [0.1, 0.15) is 5.15 Å². The van der Waals surface area contributed by atoms with E-state index in [0.717, 1.165) is 5.56 Å². The van der Waals surface area contributed by atoms with Crippen LogP contribution in [0.5, 0.6) is 0 Å². The summed E-state index contributed by atoms with van der Waals surface area (Å²) in [4.78, 5) is 29.9. The fourth-order valence-corrected chi connectivity index (χ4v) is 2.81. The van der Waals surface area contributed by atoms with Gasteiger partial charge < -0.3 is 10.2 Å². The number of carbonyl (C=O) groups excluding carboxylic acids is 2. The molecule has 6 heteroatoms. The molecule has 2 heterocycles. The van der Waals surface area contributed by atoms with Crippen LogP contribution >= 0.6 is 11.6 Å². The first-order valence-electron chi connectivity index (χ1n) is 7.36. The average Bonchev–Trinajstić information content (AvgIpc) is 2.88. The minimum Gasteiger partial charge on any atom is -0.347 e. The molecule has 5 nitrogen and oxygen atoms in total. The molecular formula is C17H16ClN3O2. The quantitative estimate of drug-likeness (QED) is 0.875. The van der Waals surface area contributed by atoms with E-state index in [1.165, 1.54) is 12.3 Å². The Balaban J connectivity index is 1.60. The lowest BCUT2D eigenvalue weighted by atomic mass is 10.2. The van der Waals surface area contributed by atoms with E-state index in [1.54, 1.807) is 11.0 Å². The molecule has 0 spiro atoms. The van der Waals surface area contributed by atoms with Crippen LogP contribution in [-0.2, 0) is 11.3 Å². The van der Waals surface area contributed by atoms with Gasteiger partial charge >= 0.3 is 0 Å². The number of amides is 2. The summed E-state index contributed by atoms with van der Waals surface area (Å²) in [7, 11) is 0. The largest absolute Gasteiger partial charge is 0.347 e. The minimum atomic E-state index is -0.242. The molecule has 0 aliphatic carbocycles. The Labute approximate surface area is 139 Å². The van der Waals surface area contributed by atoms with E-state index in [9.17, 15) is 9.59 Å². The molecule has 3 rings (SSSR count). The van der Waals surface area contributed by atoms with Crippen molar-refractivity contribution in [1.29, 1.82) is 0 Å². The molecule has 23 heavy (non-hydrogen) atoms. The van der Waals surface area contributed by atoms with E-state index in [-0.39, 0.29) is 23.0 Å². The second-order valence-electron chi connectivity index (χ2n) is 5.50. The van der Waals surface area contributed by atoms with Crippen molar-refractivity contribution in [3.05, 3.63) is 64.9 Å². The molecule has 1 atom stereocenters. The van der Waals surface area contributed by atoms with E-state index >= 15 is 0 Å². The number of nitrogens with one attached hydrogen (secondary N) is 1. The van der Waals surface area contributed by atoms with Gasteiger partial charge in [-0.15, -0.1) is 0 Å². The van der Waals surface area contributed by atoms with Crippen molar-refractivity contribution < 1.29 is 9.59 Å². The lowest BCUT2D eigenvalue weighted by Gasteiger charge is -2.17. The minimum absolute atomic E-state index is 0.0481. The van der Waals surface area contributed by atoms with Crippen molar-refractivity contribution in [2.24, 2.45) is 0 Å². The molecule has 1 fully saturated rings. The molecule has 1 aliphatic rings. The van der Waals surface area contributed by atoms with Crippen LogP contribution in [0, 0.1) is 0 Å². The number of benzene rings is 1. The normalized spacial score (nSPS) is 17.3. The van der Waals surface area contributed by atoms with Crippen LogP contribution in [0.3, 0.4) is 0 Å². The molecule has 0 radical (unpaired) electrons. The van der Waals surface area contributed by atoms with E-state index in [1.807, 2.05) is 30.3 Å². The predicted octanol–water partition coefficient (Wildman–Crippen LogP) is 2.27. The molecule has 0 bridgehead atoms. The summed E-state index contributed by atoms with van der Waals surface area (Å²) in [6, 6.07) is 12.7. The molecule has 1 N–H and O–H groups in total. The summed E-state index contributed by atoms with van der Waals surface area (Å²) in [6.45, 7) is 1.07. The van der Waals surface area contributed by atoms with Crippen molar-refractivity contribution >= 4 is 23.4 Å². The molecular weight excluding hydrogens is 314 g/mol. The number of hydrogen-bond donors (Lipinski definition) is 1. The second-order valence-corrected chi connectivity index (χ2v) is 5.89. The number of nitrogens with zero attached hydrogens (tertiary/aromatic N) is 2. The van der Waals surface area contributed by atoms with Gasteiger partial charge in [-0.1, -0.05) is 41.9 Å². The first kappa shape index (κ1) is 15.5. The highest BCUT2D eigenvalue weighted by Crippen LogP contribution is 2.16. The average molecular weight is 330 g/mol. The zero-order chi connectivity index (χ0) is 16.2. The van der Waals surface area contributed by atoms with Gasteiger partial charge in [-0.3, -0.25) is 9.59 Å². The van der Waals surface area contributed by atoms with Gasteiger partial charge in [0.2, 0.25) is 5.91 Å². The molecule has 2 amide bonds. The molecule has 1 aromatic heterocycles. The Kier molecular flexibility index (Phi) is 4.57. The van der Waals surface area contributed by atoms with Crippen LogP contribution in [0.1, 0.15) is 22.3 Å². The molecule has 2 aromatic rings. The Morgan fingerprint density at radius 3 is 2.83 bits per heavy atom. The summed E-state index contributed by atoms with van der Waals surface area (Å²) in [6.07, 6.45) is 1.80. The van der Waals surface area contributed by atoms with E-state index in [2.05, 4.69) is 10.3 Å². The zero-order valence-electron chi connectivity index (χ0n) is 12.4. The highest BCUT2D eigenvalue weighted by Gasteiger charge is 2.30. The Morgan fingerprint density at radius 2 is 2.09 bits per heavy atom. The first-order valence-corrected chi connectivity index (χ1v) is 7.74. The lowest BCUT2D eigenvalue weighted by Crippen LogP contribution is -2.37. The van der Waals surface area contributed by atoms with Crippen molar-refractivity contribution in [1.82, 2.24) is 15.2 Å². The van der Waals surface area contributed by atoms with Crippen LogP contribution < -0.4 is 5.32 Å². The smallest absolute Gasteiger partial charge is 0.251 e. The number of pyridine rings is 1. The molecule has 1 aliphatic heterocycles. The number of carbonyl (C=O) groups is 2. The van der Waals surface area contributed by atoms with E-state index in [4.69, 9.17) is 11.6 Å². The van der Waals surface area contributed by atoms with Crippen molar-refractivity contribution in [2.75, 3.05) is 6.54 Å². The van der Waals surface area contributed by atoms with Gasteiger partial charge in [0.25, 0.3) is 5.91 Å². The maximum atomic E-state index is 12.2. The van der Waals surface area contributed by atoms with Crippen molar-refractivity contribution in [3.8, 4) is 0 Å². The SMILES string of the molecule is O=C(N[C@H]1CC(=O)N(Cc2ccccc2)C1)c1ccnc(Cl)c1. The van der Waals surface area contributed by atoms with Crippen LogP contribution in [0.2, 0.25) is 5.15 Å². The standard InChI is InChI=1S/C17H16ClN3O2/c18-15-8-13(6-7-19-15)17(23)20-14-9-16(22)21(11-14)10-12-4-2-1-3-5-12/h1-8,14H,9-11H2,(H,20,23)/t14-/m0/s1. The van der Waals surface area contributed by atoms with Gasteiger partial charge in [0.15, 0.2) is 0 Å². The zero-order valence-corrected chi connectivity index (χ0v) is 13.2. The third-order valence-corrected chi connectivity index (χ3v) is 3.96. The van der Waals surface area contributed by atoms with Crippen molar-refractivity contribution in [2.45, 2.75) is 19.0 Å². The number of likely N-dealkylation sites (tertiary alicyclic amines) is 1. The summed E-state index contributed by atoms with van der Waals surface area (Å²) in [5.41, 5.74) is 1.52. The van der Waals surface area contributed by atoms with Gasteiger partial charge in [-0.25, -0.2) is 4.98 Å². The molecule has 0 unspecified atom stereocenters. The Bertz CT molecular complexity index is 721. The van der Waals surface area contributed by atoms with Crippen LogP contribution in [0.25, 0.3) is 0 Å². The van der Waals surface area contributed by atoms with Crippen LogP contribution in [-0.4, -0.2) is 34.3 Å². The second kappa shape index (κ2) is 6.79. The number of aromatic nitrogens is 1. The van der Waals surface area contributed by atoms with Gasteiger partial charge in [0, 0.05) is 31.3 Å². The summed E-state index contributed by atoms with van der Waals surface area (Å²) in [5.74, 6) is -0.194. The van der Waals surface area contributed by atoms with Crippen molar-refractivity contribution in [3.63, 3.8) is 0 Å². The number of rotatable bonds is 4. The van der Waals surface area contributed by atoms with Gasteiger partial charge in [-0.05, 0) is 17.7 Å². The molecule has 118 valence electrons. The first-order chi connectivity index (χ1) is 11.1. The molecule has 0 saturated carbocycles. The fourth-order valence-electron chi connectivity index (χ4n) is 2.64. The molecule has 1 saturated heterocycles. The maximum Gasteiger partial charge on any atom is 0.251 e. The topological polar surface area (TPSA) is 62.3 Å². The monoisotopic (exact) mass is 329 g/mol. The number of halogens is 1. The maximum absolute atomic E-state index is 12.2. The summed E-state index contributed by atoms with van der Waals surface area (Å²) >= 11 is 5.79. The van der Waals surface area contributed by atoms with E-state index < -0.39 is 0 Å². The predicted molar refractivity (Wildman–Crippen MR) is 87.0 cm³/mol. The van der Waals surface area contributed by atoms with Gasteiger partial charge in [0.05, 0.1) is 6.04 Å². The Hall–Kier alpha value is -2.40. The fraction of sp³-hybridized carbons (Fsp3) is 0.235. The summed E-state index contributed by atoms with van der Waals surface area (Å²) < 4.78 is 0. The van der Waals surface area contributed by atoms with Gasteiger partial charge in [-0.2, -0.15) is 0 Å². The highest BCUT2D eigenvalue weighted by atomic mass is 35.5.